The van der Waals surface area contributed by atoms with E-state index in [0.29, 0.717) is 17.8 Å². The molecule has 0 saturated carbocycles. The van der Waals surface area contributed by atoms with E-state index in [1.807, 2.05) is 0 Å². The highest BCUT2D eigenvalue weighted by molar-refractivity contribution is 5.96. The van der Waals surface area contributed by atoms with Crippen molar-refractivity contribution >= 4 is 23.4 Å². The molecule has 0 saturated heterocycles. The van der Waals surface area contributed by atoms with E-state index in [4.69, 9.17) is 0 Å². The number of nitrogens with one attached hydrogen (secondary N) is 3. The van der Waals surface area contributed by atoms with Gasteiger partial charge in [-0.3, -0.25) is 14.9 Å². The summed E-state index contributed by atoms with van der Waals surface area (Å²) in [6.07, 6.45) is 7.78. The summed E-state index contributed by atoms with van der Waals surface area (Å²) >= 11 is 0. The van der Waals surface area contributed by atoms with Crippen LogP contribution in [0.1, 0.15) is 49.4 Å². The number of rotatable bonds is 7. The molecular weight excluding hydrogens is 318 g/mol. The zero-order valence-electron chi connectivity index (χ0n) is 14.6. The minimum atomic E-state index is -0.477. The zero-order valence-corrected chi connectivity index (χ0v) is 14.6. The van der Waals surface area contributed by atoms with Crippen LogP contribution in [0.4, 0.5) is 10.5 Å². The van der Waals surface area contributed by atoms with Crippen molar-refractivity contribution in [2.75, 3.05) is 18.4 Å². The number of amides is 3. The number of hydrogen-bond acceptors (Lipinski definition) is 4. The highest BCUT2D eigenvalue weighted by Gasteiger charge is 2.08. The molecule has 0 heterocycles. The molecule has 3 amide bonds. The summed E-state index contributed by atoms with van der Waals surface area (Å²) in [5, 5.41) is 7.91. The van der Waals surface area contributed by atoms with Crippen LogP contribution in [-0.4, -0.2) is 30.8 Å². The van der Waals surface area contributed by atoms with Crippen molar-refractivity contribution in [3.8, 4) is 0 Å². The van der Waals surface area contributed by atoms with Crippen molar-refractivity contribution in [1.82, 2.24) is 10.6 Å². The molecule has 134 valence electrons. The van der Waals surface area contributed by atoms with Gasteiger partial charge in [-0.25, -0.2) is 4.79 Å². The molecule has 1 aliphatic carbocycles. The third-order valence-corrected chi connectivity index (χ3v) is 4.11. The van der Waals surface area contributed by atoms with Gasteiger partial charge in [-0.1, -0.05) is 11.6 Å². The molecule has 0 aromatic heterocycles. The van der Waals surface area contributed by atoms with Crippen LogP contribution >= 0.6 is 0 Å². The van der Waals surface area contributed by atoms with E-state index < -0.39 is 11.9 Å². The van der Waals surface area contributed by atoms with Crippen LogP contribution in [-0.2, 0) is 4.79 Å². The molecule has 6 heteroatoms. The lowest BCUT2D eigenvalue weighted by Crippen LogP contribution is -2.42. The SMILES string of the molecule is CC(=O)c1ccc(NCC(=O)NC(=O)NCCC2=CCCCC2)cc1. The van der Waals surface area contributed by atoms with Gasteiger partial charge in [0.25, 0.3) is 0 Å². The van der Waals surface area contributed by atoms with Gasteiger partial charge in [-0.05, 0) is 63.3 Å². The fourth-order valence-electron chi connectivity index (χ4n) is 2.69. The second-order valence-electron chi connectivity index (χ2n) is 6.15. The molecule has 0 atom stereocenters. The predicted octanol–water partition coefficient (Wildman–Crippen LogP) is 3.02. The number of Topliss-reactive ketones (excluding diaryl/α,β-unsaturated/α-hetero) is 1. The lowest BCUT2D eigenvalue weighted by atomic mass is 9.97. The molecule has 0 unspecified atom stereocenters. The smallest absolute Gasteiger partial charge is 0.321 e. The van der Waals surface area contributed by atoms with Gasteiger partial charge in [-0.2, -0.15) is 0 Å². The summed E-state index contributed by atoms with van der Waals surface area (Å²) in [4.78, 5) is 34.7. The van der Waals surface area contributed by atoms with E-state index in [1.54, 1.807) is 24.3 Å². The minimum Gasteiger partial charge on any atom is -0.376 e. The normalized spacial score (nSPS) is 13.6. The Hall–Kier alpha value is -2.63. The van der Waals surface area contributed by atoms with Crippen molar-refractivity contribution in [3.05, 3.63) is 41.5 Å². The Morgan fingerprint density at radius 1 is 1.08 bits per heavy atom. The Morgan fingerprint density at radius 2 is 1.84 bits per heavy atom. The fraction of sp³-hybridized carbons (Fsp3) is 0.421. The lowest BCUT2D eigenvalue weighted by Gasteiger charge is -2.13. The first-order valence-corrected chi connectivity index (χ1v) is 8.65. The highest BCUT2D eigenvalue weighted by atomic mass is 16.2. The first-order chi connectivity index (χ1) is 12.0. The lowest BCUT2D eigenvalue weighted by molar-refractivity contribution is -0.118. The molecule has 0 fully saturated rings. The van der Waals surface area contributed by atoms with Crippen LogP contribution < -0.4 is 16.0 Å². The van der Waals surface area contributed by atoms with Gasteiger partial charge < -0.3 is 10.6 Å². The summed E-state index contributed by atoms with van der Waals surface area (Å²) < 4.78 is 0. The number of urea groups is 1. The number of carbonyl (C=O) groups is 3. The highest BCUT2D eigenvalue weighted by Crippen LogP contribution is 2.19. The Balaban J connectivity index is 1.64. The second kappa shape index (κ2) is 9.61. The standard InChI is InChI=1S/C19H25N3O3/c1-14(23)16-7-9-17(10-8-16)21-13-18(24)22-19(25)20-12-11-15-5-3-2-4-6-15/h5,7-10,21H,2-4,6,11-13H2,1H3,(H2,20,22,24,25). The number of ketones is 1. The number of anilines is 1. The van der Waals surface area contributed by atoms with Gasteiger partial charge in [-0.15, -0.1) is 0 Å². The predicted molar refractivity (Wildman–Crippen MR) is 97.6 cm³/mol. The molecule has 2 rings (SSSR count). The van der Waals surface area contributed by atoms with Crippen LogP contribution in [0.5, 0.6) is 0 Å². The van der Waals surface area contributed by atoms with Crippen molar-refractivity contribution in [2.24, 2.45) is 0 Å². The molecule has 1 aliphatic rings. The van der Waals surface area contributed by atoms with Gasteiger partial charge in [0.15, 0.2) is 5.78 Å². The molecule has 1 aromatic rings. The molecule has 6 nitrogen and oxygen atoms in total. The number of imide groups is 1. The van der Waals surface area contributed by atoms with E-state index in [0.717, 1.165) is 19.3 Å². The Bertz CT molecular complexity index is 650. The van der Waals surface area contributed by atoms with Gasteiger partial charge in [0, 0.05) is 17.8 Å². The van der Waals surface area contributed by atoms with Crippen LogP contribution in [0.15, 0.2) is 35.9 Å². The first-order valence-electron chi connectivity index (χ1n) is 8.65. The van der Waals surface area contributed by atoms with E-state index in [-0.39, 0.29) is 12.3 Å². The Labute approximate surface area is 148 Å². The van der Waals surface area contributed by atoms with Crippen molar-refractivity contribution in [2.45, 2.75) is 39.0 Å². The van der Waals surface area contributed by atoms with Crippen LogP contribution in [0.25, 0.3) is 0 Å². The number of hydrogen-bond donors (Lipinski definition) is 3. The number of benzene rings is 1. The van der Waals surface area contributed by atoms with E-state index in [9.17, 15) is 14.4 Å². The molecule has 1 aromatic carbocycles. The fourth-order valence-corrected chi connectivity index (χ4v) is 2.69. The summed E-state index contributed by atoms with van der Waals surface area (Å²) in [7, 11) is 0. The molecule has 0 spiro atoms. The maximum absolute atomic E-state index is 11.8. The summed E-state index contributed by atoms with van der Waals surface area (Å²) in [5.41, 5.74) is 2.71. The Kier molecular flexibility index (Phi) is 7.19. The molecule has 3 N–H and O–H groups in total. The monoisotopic (exact) mass is 343 g/mol. The van der Waals surface area contributed by atoms with Crippen LogP contribution in [0.3, 0.4) is 0 Å². The maximum Gasteiger partial charge on any atom is 0.321 e. The van der Waals surface area contributed by atoms with Crippen molar-refractivity contribution in [3.63, 3.8) is 0 Å². The number of allylic oxidation sites excluding steroid dienone is 1. The van der Waals surface area contributed by atoms with Gasteiger partial charge in [0.2, 0.25) is 5.91 Å². The van der Waals surface area contributed by atoms with Gasteiger partial charge >= 0.3 is 6.03 Å². The first kappa shape index (κ1) is 18.7. The number of carbonyl (C=O) groups excluding carboxylic acids is 3. The van der Waals surface area contributed by atoms with E-state index in [1.165, 1.54) is 25.3 Å². The maximum atomic E-state index is 11.8. The summed E-state index contributed by atoms with van der Waals surface area (Å²) in [6.45, 7) is 2.02. The molecule has 0 bridgehead atoms. The third-order valence-electron chi connectivity index (χ3n) is 4.11. The average molecular weight is 343 g/mol. The quantitative estimate of drug-likeness (QED) is 0.524. The second-order valence-corrected chi connectivity index (χ2v) is 6.15. The molecule has 0 aliphatic heterocycles. The topological polar surface area (TPSA) is 87.3 Å². The molecule has 25 heavy (non-hydrogen) atoms. The van der Waals surface area contributed by atoms with E-state index >= 15 is 0 Å². The van der Waals surface area contributed by atoms with Gasteiger partial charge in [0.1, 0.15) is 0 Å². The van der Waals surface area contributed by atoms with Crippen LogP contribution in [0, 0.1) is 0 Å². The van der Waals surface area contributed by atoms with Gasteiger partial charge in [0.05, 0.1) is 6.54 Å². The van der Waals surface area contributed by atoms with Crippen molar-refractivity contribution in [1.29, 1.82) is 0 Å². The third kappa shape index (κ3) is 6.79. The summed E-state index contributed by atoms with van der Waals surface area (Å²) in [5.74, 6) is -0.421. The Morgan fingerprint density at radius 3 is 2.48 bits per heavy atom. The van der Waals surface area contributed by atoms with Crippen LogP contribution in [0.2, 0.25) is 0 Å². The molecule has 0 radical (unpaired) electrons. The zero-order chi connectivity index (χ0) is 18.1. The summed E-state index contributed by atoms with van der Waals surface area (Å²) in [6, 6.07) is 6.35. The average Bonchev–Trinajstić information content (AvgIpc) is 2.61. The van der Waals surface area contributed by atoms with E-state index in [2.05, 4.69) is 22.0 Å². The molecular formula is C19H25N3O3. The largest absolute Gasteiger partial charge is 0.376 e. The van der Waals surface area contributed by atoms with Crippen molar-refractivity contribution < 1.29 is 14.4 Å². The minimum absolute atomic E-state index is 0.00930.